The van der Waals surface area contributed by atoms with Gasteiger partial charge in [-0.05, 0) is 32.0 Å². The van der Waals surface area contributed by atoms with Crippen LogP contribution in [0.3, 0.4) is 0 Å². The molecule has 0 fully saturated rings. The molecule has 0 aliphatic carbocycles. The second kappa shape index (κ2) is 7.40. The summed E-state index contributed by atoms with van der Waals surface area (Å²) in [6, 6.07) is 15.3. The van der Waals surface area contributed by atoms with Gasteiger partial charge in [-0.25, -0.2) is 4.79 Å². The number of benzene rings is 2. The fraction of sp³-hybridized carbons (Fsp3) is 0.235. The molecule has 0 aliphatic heterocycles. The van der Waals surface area contributed by atoms with Crippen LogP contribution in [0, 0.1) is 10.1 Å². The molecule has 0 unspecified atom stereocenters. The lowest BCUT2D eigenvalue weighted by Crippen LogP contribution is -2.43. The summed E-state index contributed by atoms with van der Waals surface area (Å²) in [6.07, 6.45) is 0. The van der Waals surface area contributed by atoms with E-state index in [0.717, 1.165) is 5.69 Å². The van der Waals surface area contributed by atoms with Crippen LogP contribution in [0.1, 0.15) is 13.8 Å². The van der Waals surface area contributed by atoms with Crippen molar-refractivity contribution in [2.45, 2.75) is 13.8 Å². The molecule has 0 aliphatic rings. The van der Waals surface area contributed by atoms with E-state index in [2.05, 4.69) is 0 Å². The van der Waals surface area contributed by atoms with Gasteiger partial charge in [0, 0.05) is 24.8 Å². The quantitative estimate of drug-likeness (QED) is 0.617. The SMILES string of the molecule is CCN(C(=O)N(CC)c1ccccc1[N+](=O)[O-])c1ccccc1. The third-order valence-corrected chi connectivity index (χ3v) is 3.53. The number of nitro benzene ring substituents is 1. The Hall–Kier alpha value is -2.89. The van der Waals surface area contributed by atoms with Crippen molar-refractivity contribution in [1.29, 1.82) is 0 Å². The summed E-state index contributed by atoms with van der Waals surface area (Å²) in [5, 5.41) is 11.2. The van der Waals surface area contributed by atoms with E-state index < -0.39 is 4.92 Å². The summed E-state index contributed by atoms with van der Waals surface area (Å²) < 4.78 is 0. The van der Waals surface area contributed by atoms with Crippen molar-refractivity contribution < 1.29 is 9.72 Å². The second-order valence-electron chi connectivity index (χ2n) is 4.85. The van der Waals surface area contributed by atoms with Gasteiger partial charge < -0.3 is 0 Å². The van der Waals surface area contributed by atoms with Gasteiger partial charge >= 0.3 is 6.03 Å². The highest BCUT2D eigenvalue weighted by Gasteiger charge is 2.26. The van der Waals surface area contributed by atoms with Crippen molar-refractivity contribution in [3.8, 4) is 0 Å². The first-order chi connectivity index (χ1) is 11.1. The standard InChI is InChI=1S/C17H19N3O3/c1-3-18(14-10-6-5-7-11-14)17(21)19(4-2)15-12-8-9-13-16(15)20(22)23/h5-13H,3-4H2,1-2H3. The fourth-order valence-corrected chi connectivity index (χ4v) is 2.44. The van der Waals surface area contributed by atoms with E-state index in [1.807, 2.05) is 37.3 Å². The lowest BCUT2D eigenvalue weighted by molar-refractivity contribution is -0.384. The molecule has 2 rings (SSSR count). The third kappa shape index (κ3) is 3.48. The van der Waals surface area contributed by atoms with Gasteiger partial charge in [0.1, 0.15) is 5.69 Å². The maximum atomic E-state index is 12.9. The number of para-hydroxylation sites is 3. The van der Waals surface area contributed by atoms with Gasteiger partial charge in [0.15, 0.2) is 0 Å². The Morgan fingerprint density at radius 1 is 0.957 bits per heavy atom. The number of nitro groups is 1. The molecule has 0 N–H and O–H groups in total. The van der Waals surface area contributed by atoms with E-state index in [4.69, 9.17) is 0 Å². The van der Waals surface area contributed by atoms with E-state index in [0.29, 0.717) is 18.8 Å². The first kappa shape index (κ1) is 16.5. The zero-order valence-electron chi connectivity index (χ0n) is 13.2. The minimum absolute atomic E-state index is 0.0770. The lowest BCUT2D eigenvalue weighted by Gasteiger charge is -2.29. The molecule has 23 heavy (non-hydrogen) atoms. The summed E-state index contributed by atoms with van der Waals surface area (Å²) in [7, 11) is 0. The van der Waals surface area contributed by atoms with E-state index in [9.17, 15) is 14.9 Å². The van der Waals surface area contributed by atoms with Gasteiger partial charge in [0.05, 0.1) is 4.92 Å². The van der Waals surface area contributed by atoms with Crippen molar-refractivity contribution in [2.75, 3.05) is 22.9 Å². The van der Waals surface area contributed by atoms with Crippen molar-refractivity contribution in [3.05, 3.63) is 64.7 Å². The van der Waals surface area contributed by atoms with Crippen LogP contribution >= 0.6 is 0 Å². The van der Waals surface area contributed by atoms with E-state index >= 15 is 0 Å². The summed E-state index contributed by atoms with van der Waals surface area (Å²) in [5.41, 5.74) is 0.989. The average molecular weight is 313 g/mol. The summed E-state index contributed by atoms with van der Waals surface area (Å²) in [5.74, 6) is 0. The maximum absolute atomic E-state index is 12.9. The smallest absolute Gasteiger partial charge is 0.294 e. The number of hydrogen-bond donors (Lipinski definition) is 0. The summed E-state index contributed by atoms with van der Waals surface area (Å²) >= 11 is 0. The molecule has 0 aromatic heterocycles. The first-order valence-electron chi connectivity index (χ1n) is 7.47. The average Bonchev–Trinajstić information content (AvgIpc) is 2.57. The number of carbonyl (C=O) groups is 1. The Morgan fingerprint density at radius 3 is 2.09 bits per heavy atom. The first-order valence-corrected chi connectivity index (χ1v) is 7.47. The number of urea groups is 1. The number of hydrogen-bond acceptors (Lipinski definition) is 3. The van der Waals surface area contributed by atoms with Crippen LogP contribution in [0.2, 0.25) is 0 Å². The molecule has 0 heterocycles. The molecule has 2 aromatic rings. The molecule has 0 spiro atoms. The van der Waals surface area contributed by atoms with Crippen molar-refractivity contribution in [2.24, 2.45) is 0 Å². The van der Waals surface area contributed by atoms with Crippen LogP contribution in [0.15, 0.2) is 54.6 Å². The number of amides is 2. The van der Waals surface area contributed by atoms with Crippen LogP contribution in [-0.2, 0) is 0 Å². The molecular formula is C17H19N3O3. The Balaban J connectivity index is 2.41. The number of rotatable bonds is 5. The highest BCUT2D eigenvalue weighted by atomic mass is 16.6. The predicted molar refractivity (Wildman–Crippen MR) is 91.0 cm³/mol. The monoisotopic (exact) mass is 313 g/mol. The summed E-state index contributed by atoms with van der Waals surface area (Å²) in [6.45, 7) is 4.48. The Kier molecular flexibility index (Phi) is 5.30. The molecule has 0 saturated carbocycles. The van der Waals surface area contributed by atoms with Gasteiger partial charge in [-0.15, -0.1) is 0 Å². The second-order valence-corrected chi connectivity index (χ2v) is 4.85. The van der Waals surface area contributed by atoms with Crippen LogP contribution < -0.4 is 9.80 Å². The zero-order valence-corrected chi connectivity index (χ0v) is 13.2. The van der Waals surface area contributed by atoms with Gasteiger partial charge in [-0.1, -0.05) is 30.3 Å². The number of anilines is 2. The van der Waals surface area contributed by atoms with Crippen LogP contribution in [0.5, 0.6) is 0 Å². The molecule has 0 radical (unpaired) electrons. The van der Waals surface area contributed by atoms with E-state index in [1.54, 1.807) is 30.0 Å². The number of carbonyl (C=O) groups excluding carboxylic acids is 1. The minimum Gasteiger partial charge on any atom is -0.294 e. The van der Waals surface area contributed by atoms with Gasteiger partial charge in [0.2, 0.25) is 0 Å². The molecule has 120 valence electrons. The summed E-state index contributed by atoms with van der Waals surface area (Å²) in [4.78, 5) is 26.7. The highest BCUT2D eigenvalue weighted by molar-refractivity contribution is 6.04. The molecule has 2 aromatic carbocycles. The topological polar surface area (TPSA) is 66.7 Å². The van der Waals surface area contributed by atoms with E-state index in [1.165, 1.54) is 11.0 Å². The molecular weight excluding hydrogens is 294 g/mol. The number of nitrogens with zero attached hydrogens (tertiary/aromatic N) is 3. The maximum Gasteiger partial charge on any atom is 0.329 e. The predicted octanol–water partition coefficient (Wildman–Crippen LogP) is 4.07. The highest BCUT2D eigenvalue weighted by Crippen LogP contribution is 2.29. The van der Waals surface area contributed by atoms with E-state index in [-0.39, 0.29) is 11.7 Å². The molecule has 0 saturated heterocycles. The normalized spacial score (nSPS) is 10.2. The van der Waals surface area contributed by atoms with Gasteiger partial charge in [-0.2, -0.15) is 0 Å². The molecule has 2 amide bonds. The minimum atomic E-state index is -0.468. The van der Waals surface area contributed by atoms with Crippen molar-refractivity contribution in [1.82, 2.24) is 0 Å². The third-order valence-electron chi connectivity index (χ3n) is 3.53. The molecule has 6 heteroatoms. The Bertz CT molecular complexity index is 688. The van der Waals surface area contributed by atoms with Gasteiger partial charge in [-0.3, -0.25) is 19.9 Å². The Morgan fingerprint density at radius 2 is 1.52 bits per heavy atom. The zero-order chi connectivity index (χ0) is 16.8. The van der Waals surface area contributed by atoms with Crippen molar-refractivity contribution in [3.63, 3.8) is 0 Å². The lowest BCUT2D eigenvalue weighted by atomic mass is 10.2. The largest absolute Gasteiger partial charge is 0.329 e. The van der Waals surface area contributed by atoms with Crippen LogP contribution in [0.4, 0.5) is 21.9 Å². The van der Waals surface area contributed by atoms with Crippen LogP contribution in [0.25, 0.3) is 0 Å². The van der Waals surface area contributed by atoms with Crippen LogP contribution in [-0.4, -0.2) is 24.0 Å². The molecule has 0 bridgehead atoms. The Labute approximate surface area is 135 Å². The molecule has 6 nitrogen and oxygen atoms in total. The van der Waals surface area contributed by atoms with Crippen molar-refractivity contribution >= 4 is 23.1 Å². The van der Waals surface area contributed by atoms with Gasteiger partial charge in [0.25, 0.3) is 5.69 Å². The fourth-order valence-electron chi connectivity index (χ4n) is 2.44. The molecule has 0 atom stereocenters.